The predicted octanol–water partition coefficient (Wildman–Crippen LogP) is 2.69. The second-order valence-electron chi connectivity index (χ2n) is 4.12. The first kappa shape index (κ1) is 14.9. The number of thiazole rings is 1. The molecule has 0 aliphatic heterocycles. The SMILES string of the molecule is O=C(O)Cn1nnnc1Sc1nc(-c2ccc(Cl)cc2)cs1. The molecule has 0 unspecified atom stereocenters. The van der Waals surface area contributed by atoms with E-state index in [2.05, 4.69) is 20.5 Å². The van der Waals surface area contributed by atoms with E-state index in [1.807, 2.05) is 17.5 Å². The molecule has 7 nitrogen and oxygen atoms in total. The van der Waals surface area contributed by atoms with Crippen molar-refractivity contribution >= 4 is 40.7 Å². The number of benzene rings is 1. The topological polar surface area (TPSA) is 93.8 Å². The summed E-state index contributed by atoms with van der Waals surface area (Å²) < 4.78 is 1.95. The minimum Gasteiger partial charge on any atom is -0.480 e. The number of carboxylic acid groups (broad SMARTS) is 1. The third-order valence-corrected chi connectivity index (χ3v) is 4.75. The number of aliphatic carboxylic acids is 1. The fourth-order valence-electron chi connectivity index (χ4n) is 1.63. The van der Waals surface area contributed by atoms with E-state index in [-0.39, 0.29) is 6.54 Å². The monoisotopic (exact) mass is 353 g/mol. The van der Waals surface area contributed by atoms with Gasteiger partial charge in [0.15, 0.2) is 4.34 Å². The van der Waals surface area contributed by atoms with Gasteiger partial charge in [0.2, 0.25) is 5.16 Å². The molecule has 1 N–H and O–H groups in total. The molecule has 0 amide bonds. The predicted molar refractivity (Wildman–Crippen MR) is 82.1 cm³/mol. The lowest BCUT2D eigenvalue weighted by Gasteiger charge is -1.98. The van der Waals surface area contributed by atoms with Gasteiger partial charge in [-0.2, -0.15) is 0 Å². The standard InChI is InChI=1S/C12H8ClN5O2S2/c13-8-3-1-7(2-4-8)9-6-21-12(14-9)22-11-15-16-17-18(11)5-10(19)20/h1-4,6H,5H2,(H,19,20). The molecule has 0 saturated heterocycles. The van der Waals surface area contributed by atoms with Gasteiger partial charge in [-0.05, 0) is 34.3 Å². The van der Waals surface area contributed by atoms with Gasteiger partial charge in [-0.15, -0.1) is 16.4 Å². The zero-order valence-corrected chi connectivity index (χ0v) is 13.3. The number of carboxylic acids is 1. The van der Waals surface area contributed by atoms with Crippen LogP contribution in [0.1, 0.15) is 0 Å². The highest BCUT2D eigenvalue weighted by Gasteiger charge is 2.13. The molecule has 2 heterocycles. The number of nitrogens with zero attached hydrogens (tertiary/aromatic N) is 5. The van der Waals surface area contributed by atoms with Gasteiger partial charge in [0.25, 0.3) is 0 Å². The lowest BCUT2D eigenvalue weighted by atomic mass is 10.2. The Balaban J connectivity index is 1.79. The van der Waals surface area contributed by atoms with Crippen LogP contribution in [-0.2, 0) is 11.3 Å². The Hall–Kier alpha value is -1.97. The van der Waals surface area contributed by atoms with E-state index in [0.717, 1.165) is 15.6 Å². The fraction of sp³-hybridized carbons (Fsp3) is 0.0833. The first-order chi connectivity index (χ1) is 10.6. The van der Waals surface area contributed by atoms with Crippen LogP contribution < -0.4 is 0 Å². The maximum atomic E-state index is 10.7. The van der Waals surface area contributed by atoms with Crippen LogP contribution in [0.25, 0.3) is 11.3 Å². The third-order valence-electron chi connectivity index (χ3n) is 2.59. The molecular weight excluding hydrogens is 346 g/mol. The summed E-state index contributed by atoms with van der Waals surface area (Å²) in [6.07, 6.45) is 0. The maximum absolute atomic E-state index is 10.7. The molecule has 0 aliphatic rings. The molecule has 10 heteroatoms. The van der Waals surface area contributed by atoms with Crippen molar-refractivity contribution in [1.82, 2.24) is 25.2 Å². The first-order valence-corrected chi connectivity index (χ1v) is 8.06. The number of hydrogen-bond acceptors (Lipinski definition) is 7. The van der Waals surface area contributed by atoms with E-state index < -0.39 is 5.97 Å². The van der Waals surface area contributed by atoms with Crippen molar-refractivity contribution in [3.8, 4) is 11.3 Å². The second-order valence-corrected chi connectivity index (χ2v) is 6.63. The van der Waals surface area contributed by atoms with Crippen LogP contribution in [0.15, 0.2) is 39.1 Å². The molecule has 3 aromatic rings. The highest BCUT2D eigenvalue weighted by molar-refractivity contribution is 8.00. The van der Waals surface area contributed by atoms with E-state index >= 15 is 0 Å². The zero-order chi connectivity index (χ0) is 15.5. The molecule has 0 saturated carbocycles. The maximum Gasteiger partial charge on any atom is 0.325 e. The first-order valence-electron chi connectivity index (χ1n) is 5.99. The van der Waals surface area contributed by atoms with Crippen LogP contribution in [0.5, 0.6) is 0 Å². The van der Waals surface area contributed by atoms with Crippen LogP contribution in [0.2, 0.25) is 5.02 Å². The van der Waals surface area contributed by atoms with Gasteiger partial charge in [0, 0.05) is 16.0 Å². The number of rotatable bonds is 5. The summed E-state index contributed by atoms with van der Waals surface area (Å²) in [7, 11) is 0. The number of aromatic nitrogens is 5. The summed E-state index contributed by atoms with van der Waals surface area (Å²) in [5, 5.41) is 22.7. The van der Waals surface area contributed by atoms with E-state index in [1.54, 1.807) is 12.1 Å². The van der Waals surface area contributed by atoms with Crippen molar-refractivity contribution in [3.63, 3.8) is 0 Å². The van der Waals surface area contributed by atoms with Crippen molar-refractivity contribution in [2.24, 2.45) is 0 Å². The molecule has 0 atom stereocenters. The fourth-order valence-corrected chi connectivity index (χ4v) is 3.46. The summed E-state index contributed by atoms with van der Waals surface area (Å²) in [6, 6.07) is 7.38. The average molecular weight is 354 g/mol. The molecule has 112 valence electrons. The molecule has 0 fully saturated rings. The number of tetrazole rings is 1. The van der Waals surface area contributed by atoms with E-state index in [9.17, 15) is 4.79 Å². The lowest BCUT2D eigenvalue weighted by molar-refractivity contribution is -0.138. The van der Waals surface area contributed by atoms with Gasteiger partial charge in [0.05, 0.1) is 5.69 Å². The van der Waals surface area contributed by atoms with Gasteiger partial charge >= 0.3 is 5.97 Å². The van der Waals surface area contributed by atoms with E-state index in [0.29, 0.717) is 10.2 Å². The molecule has 0 spiro atoms. The highest BCUT2D eigenvalue weighted by Crippen LogP contribution is 2.32. The second kappa shape index (κ2) is 6.42. The number of halogens is 1. The minimum atomic E-state index is -1.00. The van der Waals surface area contributed by atoms with Gasteiger partial charge in [-0.3, -0.25) is 4.79 Å². The lowest BCUT2D eigenvalue weighted by Crippen LogP contribution is -2.11. The van der Waals surface area contributed by atoms with Crippen molar-refractivity contribution in [1.29, 1.82) is 0 Å². The van der Waals surface area contributed by atoms with Crippen LogP contribution >= 0.6 is 34.7 Å². The van der Waals surface area contributed by atoms with E-state index in [4.69, 9.17) is 16.7 Å². The summed E-state index contributed by atoms with van der Waals surface area (Å²) >= 11 is 8.53. The summed E-state index contributed by atoms with van der Waals surface area (Å²) in [4.78, 5) is 15.2. The van der Waals surface area contributed by atoms with Gasteiger partial charge in [-0.25, -0.2) is 9.67 Å². The van der Waals surface area contributed by atoms with Crippen molar-refractivity contribution in [2.75, 3.05) is 0 Å². The molecule has 0 bridgehead atoms. The molecule has 2 aromatic heterocycles. The Morgan fingerprint density at radius 1 is 1.36 bits per heavy atom. The quantitative estimate of drug-likeness (QED) is 0.753. The van der Waals surface area contributed by atoms with Gasteiger partial charge < -0.3 is 5.11 Å². The molecule has 3 rings (SSSR count). The van der Waals surface area contributed by atoms with Crippen molar-refractivity contribution in [2.45, 2.75) is 16.0 Å². The highest BCUT2D eigenvalue weighted by atomic mass is 35.5. The van der Waals surface area contributed by atoms with Crippen LogP contribution in [0.4, 0.5) is 0 Å². The van der Waals surface area contributed by atoms with Crippen LogP contribution in [-0.4, -0.2) is 36.3 Å². The summed E-state index contributed by atoms with van der Waals surface area (Å²) in [5.74, 6) is -1.00. The van der Waals surface area contributed by atoms with Crippen molar-refractivity contribution in [3.05, 3.63) is 34.7 Å². The third kappa shape index (κ3) is 3.43. The largest absolute Gasteiger partial charge is 0.480 e. The molecular formula is C12H8ClN5O2S2. The van der Waals surface area contributed by atoms with Gasteiger partial charge in [-0.1, -0.05) is 23.7 Å². The molecule has 0 aliphatic carbocycles. The Bertz CT molecular complexity index is 802. The van der Waals surface area contributed by atoms with E-state index in [1.165, 1.54) is 27.8 Å². The Kier molecular flexibility index (Phi) is 4.36. The zero-order valence-electron chi connectivity index (χ0n) is 10.9. The normalized spacial score (nSPS) is 10.8. The Labute approximate surface area is 138 Å². The van der Waals surface area contributed by atoms with Gasteiger partial charge in [0.1, 0.15) is 6.54 Å². The van der Waals surface area contributed by atoms with Crippen LogP contribution in [0, 0.1) is 0 Å². The molecule has 22 heavy (non-hydrogen) atoms. The minimum absolute atomic E-state index is 0.287. The van der Waals surface area contributed by atoms with Crippen molar-refractivity contribution < 1.29 is 9.90 Å². The Morgan fingerprint density at radius 3 is 2.86 bits per heavy atom. The Morgan fingerprint density at radius 2 is 2.14 bits per heavy atom. The molecule has 0 radical (unpaired) electrons. The number of carbonyl (C=O) groups is 1. The summed E-state index contributed by atoms with van der Waals surface area (Å²) in [5.41, 5.74) is 1.78. The number of hydrogen-bond donors (Lipinski definition) is 1. The average Bonchev–Trinajstić information content (AvgIpc) is 3.10. The summed E-state index contributed by atoms with van der Waals surface area (Å²) in [6.45, 7) is -0.287. The van der Waals surface area contributed by atoms with Crippen LogP contribution in [0.3, 0.4) is 0 Å². The molecule has 1 aromatic carbocycles. The smallest absolute Gasteiger partial charge is 0.325 e.